The molecule has 1 aliphatic heterocycles. The molecule has 2 aliphatic rings. The van der Waals surface area contributed by atoms with Gasteiger partial charge in [-0.1, -0.05) is 0 Å². The van der Waals surface area contributed by atoms with Gasteiger partial charge in [-0.25, -0.2) is 9.18 Å². The van der Waals surface area contributed by atoms with E-state index in [9.17, 15) is 9.18 Å². The Labute approximate surface area is 94.4 Å². The number of piperidine rings is 1. The molecule has 2 atom stereocenters. The van der Waals surface area contributed by atoms with Crippen molar-refractivity contribution in [2.24, 2.45) is 11.8 Å². The number of hydrogen-bond donors (Lipinski definition) is 1. The van der Waals surface area contributed by atoms with Crippen LogP contribution in [-0.4, -0.2) is 47.1 Å². The molecule has 1 saturated carbocycles. The standard InChI is InChI=1S/C11H18FNO3/c1-10(2,3)16-9(15)13-4-7-8(5-13)11(7,12)6-14/h7-8,14H,4-6H2,1-3H3. The number of likely N-dealkylation sites (tertiary alicyclic amines) is 1. The number of aliphatic hydroxyl groups excluding tert-OH is 1. The summed E-state index contributed by atoms with van der Waals surface area (Å²) in [5, 5.41) is 8.87. The lowest BCUT2D eigenvalue weighted by atomic mass is 10.2. The summed E-state index contributed by atoms with van der Waals surface area (Å²) >= 11 is 0. The van der Waals surface area contributed by atoms with E-state index in [1.807, 2.05) is 0 Å². The molecule has 0 spiro atoms. The highest BCUT2D eigenvalue weighted by Gasteiger charge is 2.70. The van der Waals surface area contributed by atoms with E-state index >= 15 is 0 Å². The fourth-order valence-electron chi connectivity index (χ4n) is 2.38. The van der Waals surface area contributed by atoms with Gasteiger partial charge in [-0.15, -0.1) is 0 Å². The molecular weight excluding hydrogens is 213 g/mol. The van der Waals surface area contributed by atoms with Crippen molar-refractivity contribution >= 4 is 6.09 Å². The zero-order valence-electron chi connectivity index (χ0n) is 9.86. The molecular formula is C11H18FNO3. The SMILES string of the molecule is CC(C)(C)OC(=O)N1CC2C(C1)C2(F)CO. The van der Waals surface area contributed by atoms with Gasteiger partial charge in [-0.2, -0.15) is 0 Å². The van der Waals surface area contributed by atoms with Gasteiger partial charge < -0.3 is 14.7 Å². The Kier molecular flexibility index (Phi) is 2.42. The van der Waals surface area contributed by atoms with Gasteiger partial charge in [0.25, 0.3) is 0 Å². The minimum absolute atomic E-state index is 0.204. The maximum absolute atomic E-state index is 13.7. The van der Waals surface area contributed by atoms with E-state index in [2.05, 4.69) is 0 Å². The molecule has 2 fully saturated rings. The van der Waals surface area contributed by atoms with Crippen molar-refractivity contribution in [3.05, 3.63) is 0 Å². The first kappa shape index (κ1) is 11.6. The highest BCUT2D eigenvalue weighted by Crippen LogP contribution is 2.57. The van der Waals surface area contributed by atoms with Crippen molar-refractivity contribution in [2.45, 2.75) is 32.0 Å². The van der Waals surface area contributed by atoms with Gasteiger partial charge in [0, 0.05) is 24.9 Å². The summed E-state index contributed by atoms with van der Waals surface area (Å²) in [7, 11) is 0. The van der Waals surface area contributed by atoms with Crippen LogP contribution in [0.4, 0.5) is 9.18 Å². The quantitative estimate of drug-likeness (QED) is 0.737. The molecule has 1 N–H and O–H groups in total. The van der Waals surface area contributed by atoms with Crippen LogP contribution in [0.3, 0.4) is 0 Å². The average molecular weight is 231 g/mol. The summed E-state index contributed by atoms with van der Waals surface area (Å²) in [6.45, 7) is 5.68. The minimum Gasteiger partial charge on any atom is -0.444 e. The van der Waals surface area contributed by atoms with Crippen LogP contribution in [0.25, 0.3) is 0 Å². The third-order valence-electron chi connectivity index (χ3n) is 3.34. The normalized spacial score (nSPS) is 37.2. The van der Waals surface area contributed by atoms with Crippen LogP contribution >= 0.6 is 0 Å². The lowest BCUT2D eigenvalue weighted by Crippen LogP contribution is -2.39. The number of halogens is 1. The molecule has 1 amide bonds. The van der Waals surface area contributed by atoms with Crippen molar-refractivity contribution in [2.75, 3.05) is 19.7 Å². The Balaban J connectivity index is 1.87. The molecule has 16 heavy (non-hydrogen) atoms. The number of amides is 1. The Hall–Kier alpha value is -0.840. The molecule has 1 saturated heterocycles. The van der Waals surface area contributed by atoms with E-state index in [0.717, 1.165) is 0 Å². The number of carbonyl (C=O) groups is 1. The summed E-state index contributed by atoms with van der Waals surface area (Å²) in [4.78, 5) is 13.2. The van der Waals surface area contributed by atoms with Crippen LogP contribution in [-0.2, 0) is 4.74 Å². The summed E-state index contributed by atoms with van der Waals surface area (Å²) in [5.74, 6) is -0.407. The molecule has 92 valence electrons. The number of nitrogens with zero attached hydrogens (tertiary/aromatic N) is 1. The molecule has 2 rings (SSSR count). The van der Waals surface area contributed by atoms with Gasteiger partial charge in [0.1, 0.15) is 11.3 Å². The predicted molar refractivity (Wildman–Crippen MR) is 55.7 cm³/mol. The van der Waals surface area contributed by atoms with Gasteiger partial charge in [-0.3, -0.25) is 0 Å². The van der Waals surface area contributed by atoms with Crippen LogP contribution in [0.2, 0.25) is 0 Å². The van der Waals surface area contributed by atoms with Crippen molar-refractivity contribution in [3.8, 4) is 0 Å². The van der Waals surface area contributed by atoms with Crippen molar-refractivity contribution in [3.63, 3.8) is 0 Å². The summed E-state index contributed by atoms with van der Waals surface area (Å²) < 4.78 is 18.9. The number of aliphatic hydroxyl groups is 1. The smallest absolute Gasteiger partial charge is 0.410 e. The van der Waals surface area contributed by atoms with Crippen LogP contribution < -0.4 is 0 Å². The molecule has 0 aromatic rings. The monoisotopic (exact) mass is 231 g/mol. The van der Waals surface area contributed by atoms with E-state index in [4.69, 9.17) is 9.84 Å². The number of carbonyl (C=O) groups excluding carboxylic acids is 1. The Morgan fingerprint density at radius 2 is 2.00 bits per heavy atom. The number of alkyl halides is 1. The molecule has 1 aliphatic carbocycles. The first-order valence-electron chi connectivity index (χ1n) is 5.55. The highest BCUT2D eigenvalue weighted by molar-refractivity contribution is 5.69. The molecule has 0 aromatic carbocycles. The highest BCUT2D eigenvalue weighted by atomic mass is 19.1. The van der Waals surface area contributed by atoms with Crippen LogP contribution in [0, 0.1) is 11.8 Å². The molecule has 4 nitrogen and oxygen atoms in total. The lowest BCUT2D eigenvalue weighted by Gasteiger charge is -2.26. The fourth-order valence-corrected chi connectivity index (χ4v) is 2.38. The first-order chi connectivity index (χ1) is 7.28. The van der Waals surface area contributed by atoms with Gasteiger partial charge in [0.15, 0.2) is 0 Å². The number of ether oxygens (including phenoxy) is 1. The molecule has 1 heterocycles. The van der Waals surface area contributed by atoms with E-state index in [-0.39, 0.29) is 17.9 Å². The Morgan fingerprint density at radius 1 is 1.50 bits per heavy atom. The van der Waals surface area contributed by atoms with E-state index in [0.29, 0.717) is 13.1 Å². The van der Waals surface area contributed by atoms with Gasteiger partial charge >= 0.3 is 6.09 Å². The van der Waals surface area contributed by atoms with Gasteiger partial charge in [0.05, 0.1) is 6.61 Å². The van der Waals surface area contributed by atoms with Crippen molar-refractivity contribution < 1.29 is 19.0 Å². The van der Waals surface area contributed by atoms with E-state index < -0.39 is 17.9 Å². The molecule has 0 bridgehead atoms. The second-order valence-corrected chi connectivity index (χ2v) is 5.68. The van der Waals surface area contributed by atoms with Crippen LogP contribution in [0.15, 0.2) is 0 Å². The minimum atomic E-state index is -1.45. The zero-order chi connectivity index (χ0) is 12.1. The Bertz CT molecular complexity index is 301. The maximum Gasteiger partial charge on any atom is 0.410 e. The van der Waals surface area contributed by atoms with Crippen molar-refractivity contribution in [1.29, 1.82) is 0 Å². The maximum atomic E-state index is 13.7. The topological polar surface area (TPSA) is 49.8 Å². The van der Waals surface area contributed by atoms with Crippen molar-refractivity contribution in [1.82, 2.24) is 4.90 Å². The fraction of sp³-hybridized carbons (Fsp3) is 0.909. The predicted octanol–water partition coefficient (Wildman–Crippen LogP) is 1.18. The second kappa shape index (κ2) is 3.32. The number of hydrogen-bond acceptors (Lipinski definition) is 3. The summed E-state index contributed by atoms with van der Waals surface area (Å²) in [6, 6.07) is 0. The van der Waals surface area contributed by atoms with E-state index in [1.165, 1.54) is 4.90 Å². The second-order valence-electron chi connectivity index (χ2n) is 5.68. The van der Waals surface area contributed by atoms with E-state index in [1.54, 1.807) is 20.8 Å². The third kappa shape index (κ3) is 1.77. The largest absolute Gasteiger partial charge is 0.444 e. The summed E-state index contributed by atoms with van der Waals surface area (Å²) in [5.41, 5.74) is -1.97. The van der Waals surface area contributed by atoms with Crippen LogP contribution in [0.5, 0.6) is 0 Å². The molecule has 5 heteroatoms. The number of fused-ring (bicyclic) bond motifs is 1. The molecule has 0 radical (unpaired) electrons. The third-order valence-corrected chi connectivity index (χ3v) is 3.34. The Morgan fingerprint density at radius 3 is 2.38 bits per heavy atom. The lowest BCUT2D eigenvalue weighted by molar-refractivity contribution is 0.0210. The van der Waals surface area contributed by atoms with Crippen LogP contribution in [0.1, 0.15) is 20.8 Å². The number of rotatable bonds is 1. The average Bonchev–Trinajstić information content (AvgIpc) is 2.59. The zero-order valence-corrected chi connectivity index (χ0v) is 9.86. The molecule has 2 unspecified atom stereocenters. The summed E-state index contributed by atoms with van der Waals surface area (Å²) in [6.07, 6.45) is -0.389. The van der Waals surface area contributed by atoms with Gasteiger partial charge in [0.2, 0.25) is 0 Å². The first-order valence-corrected chi connectivity index (χ1v) is 5.55. The molecule has 0 aromatic heterocycles. The van der Waals surface area contributed by atoms with Gasteiger partial charge in [-0.05, 0) is 20.8 Å².